The molecule has 120 valence electrons. The second-order valence-corrected chi connectivity index (χ2v) is 5.15. The van der Waals surface area contributed by atoms with Gasteiger partial charge in [-0.05, 0) is 24.3 Å². The number of nitro groups is 1. The van der Waals surface area contributed by atoms with Crippen LogP contribution in [0.5, 0.6) is 5.75 Å². The lowest BCUT2D eigenvalue weighted by molar-refractivity contribution is -0.384. The van der Waals surface area contributed by atoms with Gasteiger partial charge in [-0.15, -0.1) is 0 Å². The normalized spacial score (nSPS) is 10.5. The first-order chi connectivity index (χ1) is 11.5. The number of ether oxygens (including phenoxy) is 1. The van der Waals surface area contributed by atoms with Gasteiger partial charge in [-0.1, -0.05) is 23.7 Å². The Bertz CT molecular complexity index is 1030. The van der Waals surface area contributed by atoms with Crippen molar-refractivity contribution in [3.05, 3.63) is 79.7 Å². The highest BCUT2D eigenvalue weighted by molar-refractivity contribution is 6.32. The molecule has 1 aromatic heterocycles. The van der Waals surface area contributed by atoms with E-state index < -0.39 is 16.5 Å². The van der Waals surface area contributed by atoms with Crippen LogP contribution in [0, 0.1) is 10.1 Å². The minimum Gasteiger partial charge on any atom is -0.422 e. The van der Waals surface area contributed by atoms with Crippen LogP contribution in [0.25, 0.3) is 11.0 Å². The molecule has 2 aromatic carbocycles. The van der Waals surface area contributed by atoms with Gasteiger partial charge in [-0.2, -0.15) is 0 Å². The molecule has 0 N–H and O–H groups in total. The maximum atomic E-state index is 12.2. The molecule has 0 radical (unpaired) electrons. The van der Waals surface area contributed by atoms with Gasteiger partial charge in [0.05, 0.1) is 9.95 Å². The zero-order valence-electron chi connectivity index (χ0n) is 11.9. The van der Waals surface area contributed by atoms with Gasteiger partial charge in [0.15, 0.2) is 0 Å². The number of esters is 1. The fourth-order valence-electron chi connectivity index (χ4n) is 2.05. The van der Waals surface area contributed by atoms with Crippen molar-refractivity contribution in [2.75, 3.05) is 0 Å². The predicted octanol–water partition coefficient (Wildman–Crippen LogP) is 3.57. The molecule has 3 rings (SSSR count). The van der Waals surface area contributed by atoms with Crippen LogP contribution in [0.15, 0.2) is 57.7 Å². The Labute approximate surface area is 139 Å². The summed E-state index contributed by atoms with van der Waals surface area (Å²) in [4.78, 5) is 34.3. The summed E-state index contributed by atoms with van der Waals surface area (Å²) in [5.74, 6) is -0.882. The van der Waals surface area contributed by atoms with E-state index in [-0.39, 0.29) is 33.0 Å². The summed E-state index contributed by atoms with van der Waals surface area (Å²) in [7, 11) is 0. The van der Waals surface area contributed by atoms with Crippen LogP contribution in [0.3, 0.4) is 0 Å². The van der Waals surface area contributed by atoms with Gasteiger partial charge in [-0.3, -0.25) is 10.1 Å². The standard InChI is InChI=1S/C16H8ClNO6/c17-12-3-1-2-4-14(12)24-16(20)11-8-9-7-10(18(21)22)5-6-13(9)23-15(11)19/h1-8H. The van der Waals surface area contributed by atoms with Crippen LogP contribution in [-0.2, 0) is 0 Å². The molecule has 7 nitrogen and oxygen atoms in total. The number of carbonyl (C=O) groups excluding carboxylic acids is 1. The Hall–Kier alpha value is -3.19. The second kappa shape index (κ2) is 6.13. The third-order valence-electron chi connectivity index (χ3n) is 3.19. The Balaban J connectivity index is 2.03. The lowest BCUT2D eigenvalue weighted by atomic mass is 10.1. The van der Waals surface area contributed by atoms with E-state index in [1.807, 2.05) is 0 Å². The Kier molecular flexibility index (Phi) is 4.01. The van der Waals surface area contributed by atoms with E-state index in [9.17, 15) is 19.7 Å². The summed E-state index contributed by atoms with van der Waals surface area (Å²) in [6, 6.07) is 11.1. The molecule has 8 heteroatoms. The number of fused-ring (bicyclic) bond motifs is 1. The molecule has 0 unspecified atom stereocenters. The molecule has 0 saturated carbocycles. The van der Waals surface area contributed by atoms with Gasteiger partial charge in [0.2, 0.25) is 0 Å². The molecule has 3 aromatic rings. The van der Waals surface area contributed by atoms with Gasteiger partial charge in [0.1, 0.15) is 16.9 Å². The van der Waals surface area contributed by atoms with Gasteiger partial charge in [0.25, 0.3) is 5.69 Å². The van der Waals surface area contributed by atoms with E-state index in [1.54, 1.807) is 12.1 Å². The van der Waals surface area contributed by atoms with Gasteiger partial charge >= 0.3 is 11.6 Å². The molecule has 0 spiro atoms. The Morgan fingerprint density at radius 3 is 2.62 bits per heavy atom. The third kappa shape index (κ3) is 2.97. The van der Waals surface area contributed by atoms with Crippen LogP contribution in [0.4, 0.5) is 5.69 Å². The highest BCUT2D eigenvalue weighted by Gasteiger charge is 2.18. The number of para-hydroxylation sites is 1. The van der Waals surface area contributed by atoms with Crippen molar-refractivity contribution < 1.29 is 18.9 Å². The minimum absolute atomic E-state index is 0.0858. The van der Waals surface area contributed by atoms with Crippen LogP contribution in [0.2, 0.25) is 5.02 Å². The topological polar surface area (TPSA) is 99.7 Å². The average Bonchev–Trinajstić information content (AvgIpc) is 2.55. The summed E-state index contributed by atoms with van der Waals surface area (Å²) < 4.78 is 10.1. The van der Waals surface area contributed by atoms with Crippen molar-refractivity contribution in [1.29, 1.82) is 0 Å². The number of hydrogen-bond donors (Lipinski definition) is 0. The third-order valence-corrected chi connectivity index (χ3v) is 3.50. The smallest absolute Gasteiger partial charge is 0.351 e. The zero-order chi connectivity index (χ0) is 17.3. The number of rotatable bonds is 3. The van der Waals surface area contributed by atoms with Gasteiger partial charge < -0.3 is 9.15 Å². The van der Waals surface area contributed by atoms with Crippen molar-refractivity contribution in [3.8, 4) is 5.75 Å². The summed E-state index contributed by atoms with van der Waals surface area (Å²) in [5.41, 5.74) is -1.36. The summed E-state index contributed by atoms with van der Waals surface area (Å²) in [5, 5.41) is 11.2. The van der Waals surface area contributed by atoms with E-state index in [1.165, 1.54) is 36.4 Å². The van der Waals surface area contributed by atoms with Crippen LogP contribution < -0.4 is 10.4 Å². The van der Waals surface area contributed by atoms with Crippen molar-refractivity contribution in [2.45, 2.75) is 0 Å². The number of non-ortho nitro benzene ring substituents is 1. The predicted molar refractivity (Wildman–Crippen MR) is 85.5 cm³/mol. The van der Waals surface area contributed by atoms with Crippen molar-refractivity contribution >= 4 is 34.2 Å². The summed E-state index contributed by atoms with van der Waals surface area (Å²) >= 11 is 5.89. The number of benzene rings is 2. The molecule has 0 atom stereocenters. The highest BCUT2D eigenvalue weighted by Crippen LogP contribution is 2.25. The highest BCUT2D eigenvalue weighted by atomic mass is 35.5. The van der Waals surface area contributed by atoms with Gasteiger partial charge in [0, 0.05) is 17.5 Å². The van der Waals surface area contributed by atoms with Crippen molar-refractivity contribution in [2.24, 2.45) is 0 Å². The maximum absolute atomic E-state index is 12.2. The minimum atomic E-state index is -0.967. The number of nitro benzene ring substituents is 1. The molecule has 0 aliphatic rings. The monoisotopic (exact) mass is 345 g/mol. The van der Waals surface area contributed by atoms with Crippen molar-refractivity contribution in [3.63, 3.8) is 0 Å². The number of hydrogen-bond acceptors (Lipinski definition) is 6. The quantitative estimate of drug-likeness (QED) is 0.236. The van der Waals surface area contributed by atoms with E-state index >= 15 is 0 Å². The number of halogens is 1. The molecule has 0 aliphatic carbocycles. The first-order valence-corrected chi connectivity index (χ1v) is 7.02. The fraction of sp³-hybridized carbons (Fsp3) is 0. The SMILES string of the molecule is O=C(Oc1ccccc1Cl)c1cc2cc([N+](=O)[O-])ccc2oc1=O. The molecule has 24 heavy (non-hydrogen) atoms. The Morgan fingerprint density at radius 2 is 1.92 bits per heavy atom. The van der Waals surface area contributed by atoms with Crippen LogP contribution in [0.1, 0.15) is 10.4 Å². The fourth-order valence-corrected chi connectivity index (χ4v) is 2.22. The number of nitrogens with zero attached hydrogens (tertiary/aromatic N) is 1. The molecular weight excluding hydrogens is 338 g/mol. The van der Waals surface area contributed by atoms with E-state index in [4.69, 9.17) is 20.8 Å². The molecule has 0 saturated heterocycles. The summed E-state index contributed by atoms with van der Waals surface area (Å²) in [6.07, 6.45) is 0. The maximum Gasteiger partial charge on any atom is 0.351 e. The first-order valence-electron chi connectivity index (χ1n) is 6.65. The van der Waals surface area contributed by atoms with Crippen LogP contribution >= 0.6 is 11.6 Å². The molecule has 0 fully saturated rings. The Morgan fingerprint density at radius 1 is 1.17 bits per heavy atom. The number of carbonyl (C=O) groups is 1. The van der Waals surface area contributed by atoms with Crippen molar-refractivity contribution in [1.82, 2.24) is 0 Å². The van der Waals surface area contributed by atoms with E-state index in [2.05, 4.69) is 0 Å². The summed E-state index contributed by atoms with van der Waals surface area (Å²) in [6.45, 7) is 0. The molecule has 0 bridgehead atoms. The zero-order valence-corrected chi connectivity index (χ0v) is 12.6. The molecule has 0 amide bonds. The molecule has 1 heterocycles. The van der Waals surface area contributed by atoms with Crippen LogP contribution in [-0.4, -0.2) is 10.9 Å². The first kappa shape index (κ1) is 15.7. The van der Waals surface area contributed by atoms with E-state index in [0.29, 0.717) is 0 Å². The molecular formula is C16H8ClNO6. The lowest BCUT2D eigenvalue weighted by Crippen LogP contribution is -2.18. The lowest BCUT2D eigenvalue weighted by Gasteiger charge is -2.05. The van der Waals surface area contributed by atoms with E-state index in [0.717, 1.165) is 0 Å². The molecule has 0 aliphatic heterocycles. The van der Waals surface area contributed by atoms with Gasteiger partial charge in [-0.25, -0.2) is 9.59 Å². The largest absolute Gasteiger partial charge is 0.422 e. The average molecular weight is 346 g/mol. The second-order valence-electron chi connectivity index (χ2n) is 4.75.